The highest BCUT2D eigenvalue weighted by molar-refractivity contribution is 5.93. The average Bonchev–Trinajstić information content (AvgIpc) is 2.89. The maximum atomic E-state index is 11.9. The predicted octanol–water partition coefficient (Wildman–Crippen LogP) is 0.252. The normalized spacial score (nSPS) is 23.9. The number of carbonyl (C=O) groups excluding carboxylic acids is 1. The minimum Gasteiger partial charge on any atom is -0.376 e. The standard InChI is InChI=1S/C11H17N3O3/c1-3-17-9-5-16-4-8(9)14-11(15)10-7(2)12-6-13-10/h6,8-9H,3-5H2,1-2H3,(H,12,13)(H,14,15)/t8-,9-/m0/s1. The average molecular weight is 239 g/mol. The van der Waals surface area contributed by atoms with Crippen LogP contribution >= 0.6 is 0 Å². The Bertz CT molecular complexity index is 391. The maximum absolute atomic E-state index is 11.9. The van der Waals surface area contributed by atoms with Gasteiger partial charge in [0.1, 0.15) is 11.8 Å². The van der Waals surface area contributed by atoms with Crippen LogP contribution in [-0.2, 0) is 9.47 Å². The molecule has 2 atom stereocenters. The topological polar surface area (TPSA) is 76.2 Å². The molecule has 0 spiro atoms. The zero-order valence-electron chi connectivity index (χ0n) is 10.0. The lowest BCUT2D eigenvalue weighted by Crippen LogP contribution is -2.44. The number of nitrogens with zero attached hydrogens (tertiary/aromatic N) is 1. The lowest BCUT2D eigenvalue weighted by atomic mass is 10.2. The number of aromatic amines is 1. The van der Waals surface area contributed by atoms with Crippen LogP contribution in [-0.4, -0.2) is 47.8 Å². The Kier molecular flexibility index (Phi) is 3.75. The first-order valence-electron chi connectivity index (χ1n) is 5.72. The van der Waals surface area contributed by atoms with Crippen molar-refractivity contribution in [2.24, 2.45) is 0 Å². The SMILES string of the molecule is CCO[C@H]1COC[C@@H]1NC(=O)c1nc[nH]c1C. The molecule has 0 aliphatic carbocycles. The Morgan fingerprint density at radius 1 is 1.71 bits per heavy atom. The fourth-order valence-corrected chi connectivity index (χ4v) is 1.87. The number of ether oxygens (including phenoxy) is 2. The van der Waals surface area contributed by atoms with Gasteiger partial charge in [-0.2, -0.15) is 0 Å². The summed E-state index contributed by atoms with van der Waals surface area (Å²) in [6.07, 6.45) is 1.44. The molecule has 2 N–H and O–H groups in total. The first-order chi connectivity index (χ1) is 8.22. The molecule has 2 rings (SSSR count). The van der Waals surface area contributed by atoms with Crippen molar-refractivity contribution in [3.05, 3.63) is 17.7 Å². The number of hydrogen-bond donors (Lipinski definition) is 2. The second kappa shape index (κ2) is 5.29. The summed E-state index contributed by atoms with van der Waals surface area (Å²) in [4.78, 5) is 18.8. The molecule has 1 fully saturated rings. The van der Waals surface area contributed by atoms with E-state index in [0.717, 1.165) is 5.69 Å². The summed E-state index contributed by atoms with van der Waals surface area (Å²) in [5.41, 5.74) is 1.18. The lowest BCUT2D eigenvalue weighted by Gasteiger charge is -2.18. The monoisotopic (exact) mass is 239 g/mol. The van der Waals surface area contributed by atoms with E-state index in [9.17, 15) is 4.79 Å². The van der Waals surface area contributed by atoms with Gasteiger partial charge in [0.25, 0.3) is 5.91 Å². The van der Waals surface area contributed by atoms with Gasteiger partial charge in [-0.15, -0.1) is 0 Å². The molecule has 1 aliphatic heterocycles. The van der Waals surface area contributed by atoms with E-state index in [2.05, 4.69) is 15.3 Å². The number of carbonyl (C=O) groups is 1. The molecular weight excluding hydrogens is 222 g/mol. The Morgan fingerprint density at radius 3 is 3.18 bits per heavy atom. The number of nitrogens with one attached hydrogen (secondary N) is 2. The number of H-pyrrole nitrogens is 1. The van der Waals surface area contributed by atoms with E-state index in [1.165, 1.54) is 6.33 Å². The van der Waals surface area contributed by atoms with E-state index in [1.54, 1.807) is 0 Å². The first kappa shape index (κ1) is 12.1. The van der Waals surface area contributed by atoms with Gasteiger partial charge in [-0.05, 0) is 13.8 Å². The minimum atomic E-state index is -0.191. The molecule has 1 aromatic heterocycles. The van der Waals surface area contributed by atoms with Crippen LogP contribution in [0.5, 0.6) is 0 Å². The van der Waals surface area contributed by atoms with Crippen LogP contribution in [0, 0.1) is 6.92 Å². The van der Waals surface area contributed by atoms with Crippen molar-refractivity contribution in [2.75, 3.05) is 19.8 Å². The molecule has 1 amide bonds. The highest BCUT2D eigenvalue weighted by Crippen LogP contribution is 2.11. The highest BCUT2D eigenvalue weighted by Gasteiger charge is 2.30. The molecule has 1 aromatic rings. The van der Waals surface area contributed by atoms with Crippen LogP contribution in [0.15, 0.2) is 6.33 Å². The van der Waals surface area contributed by atoms with E-state index < -0.39 is 0 Å². The maximum Gasteiger partial charge on any atom is 0.272 e. The predicted molar refractivity (Wildman–Crippen MR) is 60.8 cm³/mol. The van der Waals surface area contributed by atoms with Crippen molar-refractivity contribution in [3.63, 3.8) is 0 Å². The van der Waals surface area contributed by atoms with Crippen molar-refractivity contribution >= 4 is 5.91 Å². The molecule has 17 heavy (non-hydrogen) atoms. The highest BCUT2D eigenvalue weighted by atomic mass is 16.5. The van der Waals surface area contributed by atoms with Gasteiger partial charge in [-0.25, -0.2) is 4.98 Å². The second-order valence-electron chi connectivity index (χ2n) is 3.99. The van der Waals surface area contributed by atoms with E-state index in [-0.39, 0.29) is 18.1 Å². The van der Waals surface area contributed by atoms with E-state index in [0.29, 0.717) is 25.5 Å². The van der Waals surface area contributed by atoms with Crippen LogP contribution in [0.4, 0.5) is 0 Å². The summed E-state index contributed by atoms with van der Waals surface area (Å²) in [5.74, 6) is -0.191. The number of aromatic nitrogens is 2. The molecule has 1 aliphatic rings. The molecule has 94 valence electrons. The van der Waals surface area contributed by atoms with Crippen LogP contribution in [0.1, 0.15) is 23.1 Å². The summed E-state index contributed by atoms with van der Waals surface area (Å²) in [6, 6.07) is -0.0986. The Hall–Kier alpha value is -1.40. The van der Waals surface area contributed by atoms with Gasteiger partial charge in [0, 0.05) is 12.3 Å². The van der Waals surface area contributed by atoms with Gasteiger partial charge in [-0.3, -0.25) is 4.79 Å². The number of amides is 1. The largest absolute Gasteiger partial charge is 0.376 e. The first-order valence-corrected chi connectivity index (χ1v) is 5.72. The molecule has 6 heteroatoms. The minimum absolute atomic E-state index is 0.0665. The van der Waals surface area contributed by atoms with E-state index in [4.69, 9.17) is 9.47 Å². The molecule has 0 bridgehead atoms. The van der Waals surface area contributed by atoms with E-state index in [1.807, 2.05) is 13.8 Å². The fourth-order valence-electron chi connectivity index (χ4n) is 1.87. The van der Waals surface area contributed by atoms with Crippen molar-refractivity contribution in [3.8, 4) is 0 Å². The van der Waals surface area contributed by atoms with Gasteiger partial charge < -0.3 is 19.8 Å². The molecule has 6 nitrogen and oxygen atoms in total. The zero-order chi connectivity index (χ0) is 12.3. The van der Waals surface area contributed by atoms with Crippen LogP contribution in [0.2, 0.25) is 0 Å². The van der Waals surface area contributed by atoms with Crippen molar-refractivity contribution in [1.29, 1.82) is 0 Å². The molecule has 0 aromatic carbocycles. The number of aryl methyl sites for hydroxylation is 1. The summed E-state index contributed by atoms with van der Waals surface area (Å²) < 4.78 is 10.8. The Morgan fingerprint density at radius 2 is 2.53 bits per heavy atom. The molecule has 0 unspecified atom stereocenters. The van der Waals surface area contributed by atoms with Crippen LogP contribution < -0.4 is 5.32 Å². The third-order valence-corrected chi connectivity index (χ3v) is 2.77. The van der Waals surface area contributed by atoms with Crippen molar-refractivity contribution in [2.45, 2.75) is 26.0 Å². The van der Waals surface area contributed by atoms with E-state index >= 15 is 0 Å². The lowest BCUT2D eigenvalue weighted by molar-refractivity contribution is 0.0402. The molecular formula is C11H17N3O3. The van der Waals surface area contributed by atoms with Gasteiger partial charge in [-0.1, -0.05) is 0 Å². The van der Waals surface area contributed by atoms with Crippen molar-refractivity contribution in [1.82, 2.24) is 15.3 Å². The molecule has 0 saturated carbocycles. The van der Waals surface area contributed by atoms with Crippen molar-refractivity contribution < 1.29 is 14.3 Å². The Labute approximate surface area is 99.7 Å². The Balaban J connectivity index is 1.97. The molecule has 0 radical (unpaired) electrons. The summed E-state index contributed by atoms with van der Waals surface area (Å²) in [5, 5.41) is 2.89. The quantitative estimate of drug-likeness (QED) is 0.789. The number of hydrogen-bond acceptors (Lipinski definition) is 4. The van der Waals surface area contributed by atoms with Gasteiger partial charge in [0.15, 0.2) is 0 Å². The van der Waals surface area contributed by atoms with Gasteiger partial charge >= 0.3 is 0 Å². The third kappa shape index (κ3) is 2.65. The van der Waals surface area contributed by atoms with Gasteiger partial charge in [0.2, 0.25) is 0 Å². The molecule has 1 saturated heterocycles. The summed E-state index contributed by atoms with van der Waals surface area (Å²) in [7, 11) is 0. The zero-order valence-corrected chi connectivity index (χ0v) is 10.0. The number of rotatable bonds is 4. The van der Waals surface area contributed by atoms with Gasteiger partial charge in [0.05, 0.1) is 25.6 Å². The van der Waals surface area contributed by atoms with Crippen LogP contribution in [0.3, 0.4) is 0 Å². The summed E-state index contributed by atoms with van der Waals surface area (Å²) in [6.45, 7) is 5.36. The fraction of sp³-hybridized carbons (Fsp3) is 0.636. The van der Waals surface area contributed by atoms with Crippen LogP contribution in [0.25, 0.3) is 0 Å². The third-order valence-electron chi connectivity index (χ3n) is 2.77. The molecule has 2 heterocycles. The number of imidazole rings is 1. The summed E-state index contributed by atoms with van der Waals surface area (Å²) >= 11 is 0. The second-order valence-corrected chi connectivity index (χ2v) is 3.99. The smallest absolute Gasteiger partial charge is 0.272 e.